The second-order valence-electron chi connectivity index (χ2n) is 2.72. The Labute approximate surface area is 74.7 Å². The summed E-state index contributed by atoms with van der Waals surface area (Å²) in [6.07, 6.45) is 1.63. The zero-order chi connectivity index (χ0) is 10.0. The molecule has 0 aromatic heterocycles. The van der Waals surface area contributed by atoms with Gasteiger partial charge in [0.1, 0.15) is 5.82 Å². The molecule has 70 valence electrons. The Morgan fingerprint density at radius 1 is 1.08 bits per heavy atom. The van der Waals surface area contributed by atoms with Crippen molar-refractivity contribution in [1.29, 1.82) is 0 Å². The molecule has 13 heavy (non-hydrogen) atoms. The Hall–Kier alpha value is -1.25. The summed E-state index contributed by atoms with van der Waals surface area (Å²) in [5.74, 6) is -2.93. The van der Waals surface area contributed by atoms with Crippen LogP contribution < -0.4 is 0 Å². The van der Waals surface area contributed by atoms with Gasteiger partial charge in [-0.2, -0.15) is 0 Å². The highest BCUT2D eigenvalue weighted by molar-refractivity contribution is 5.63. The van der Waals surface area contributed by atoms with E-state index in [1.165, 1.54) is 0 Å². The minimum atomic E-state index is -1.16. The van der Waals surface area contributed by atoms with Crippen molar-refractivity contribution in [1.82, 2.24) is 0 Å². The van der Waals surface area contributed by atoms with Gasteiger partial charge in [0.05, 0.1) is 0 Å². The van der Waals surface area contributed by atoms with E-state index in [1.54, 1.807) is 19.9 Å². The summed E-state index contributed by atoms with van der Waals surface area (Å²) in [4.78, 5) is 0. The lowest BCUT2D eigenvalue weighted by atomic mass is 10.1. The quantitative estimate of drug-likeness (QED) is 0.588. The number of allylic oxidation sites excluding steroid dienone is 2. The fourth-order valence-electron chi connectivity index (χ4n) is 0.980. The second-order valence-corrected chi connectivity index (χ2v) is 2.72. The van der Waals surface area contributed by atoms with Crippen molar-refractivity contribution < 1.29 is 13.2 Å². The van der Waals surface area contributed by atoms with Crippen LogP contribution in [-0.4, -0.2) is 0 Å². The first-order chi connectivity index (χ1) is 6.06. The molecule has 0 amide bonds. The van der Waals surface area contributed by atoms with Crippen molar-refractivity contribution in [2.75, 3.05) is 0 Å². The molecule has 0 nitrogen and oxygen atoms in total. The topological polar surface area (TPSA) is 0 Å². The summed E-state index contributed by atoms with van der Waals surface area (Å²) in [5, 5.41) is 0. The lowest BCUT2D eigenvalue weighted by molar-refractivity contribution is 0.494. The van der Waals surface area contributed by atoms with Crippen LogP contribution in [0.5, 0.6) is 0 Å². The predicted octanol–water partition coefficient (Wildman–Crippen LogP) is 3.53. The minimum Gasteiger partial charge on any atom is -0.206 e. The maximum Gasteiger partial charge on any atom is 0.161 e. The van der Waals surface area contributed by atoms with Gasteiger partial charge in [-0.1, -0.05) is 6.08 Å². The SMILES string of the molecule is CC=C(C)c1cc(F)c(F)cc1F. The lowest BCUT2D eigenvalue weighted by Crippen LogP contribution is -1.92. The van der Waals surface area contributed by atoms with Crippen molar-refractivity contribution in [3.8, 4) is 0 Å². The van der Waals surface area contributed by atoms with Crippen LogP contribution in [0.1, 0.15) is 19.4 Å². The van der Waals surface area contributed by atoms with Crippen LogP contribution in [0.2, 0.25) is 0 Å². The van der Waals surface area contributed by atoms with E-state index in [0.29, 0.717) is 11.6 Å². The molecule has 0 aliphatic heterocycles. The maximum absolute atomic E-state index is 13.0. The minimum absolute atomic E-state index is 0.0985. The Bertz CT molecular complexity index is 353. The number of benzene rings is 1. The zero-order valence-corrected chi connectivity index (χ0v) is 7.37. The number of hydrogen-bond acceptors (Lipinski definition) is 0. The number of hydrogen-bond donors (Lipinski definition) is 0. The van der Waals surface area contributed by atoms with Crippen molar-refractivity contribution in [3.63, 3.8) is 0 Å². The molecule has 0 fully saturated rings. The third kappa shape index (κ3) is 1.91. The van der Waals surface area contributed by atoms with E-state index in [0.717, 1.165) is 6.07 Å². The van der Waals surface area contributed by atoms with Crippen LogP contribution in [0.15, 0.2) is 18.2 Å². The van der Waals surface area contributed by atoms with Crippen molar-refractivity contribution in [2.45, 2.75) is 13.8 Å². The molecule has 0 saturated carbocycles. The first-order valence-corrected chi connectivity index (χ1v) is 3.84. The van der Waals surface area contributed by atoms with Crippen LogP contribution in [0.3, 0.4) is 0 Å². The summed E-state index contributed by atoms with van der Waals surface area (Å²) >= 11 is 0. The molecule has 0 aliphatic rings. The number of halogens is 3. The van der Waals surface area contributed by atoms with Crippen LogP contribution in [-0.2, 0) is 0 Å². The highest BCUT2D eigenvalue weighted by atomic mass is 19.2. The van der Waals surface area contributed by atoms with E-state index in [9.17, 15) is 13.2 Å². The molecule has 0 aliphatic carbocycles. The van der Waals surface area contributed by atoms with E-state index in [1.807, 2.05) is 0 Å². The summed E-state index contributed by atoms with van der Waals surface area (Å²) in [7, 11) is 0. The standard InChI is InChI=1S/C10H9F3/c1-3-6(2)7-4-9(12)10(13)5-8(7)11/h3-5H,1-2H3. The van der Waals surface area contributed by atoms with Crippen molar-refractivity contribution >= 4 is 5.57 Å². The molecule has 0 spiro atoms. The summed E-state index contributed by atoms with van der Waals surface area (Å²) in [6, 6.07) is 1.41. The second kappa shape index (κ2) is 3.64. The zero-order valence-electron chi connectivity index (χ0n) is 7.37. The van der Waals surface area contributed by atoms with Gasteiger partial charge in [-0.25, -0.2) is 13.2 Å². The van der Waals surface area contributed by atoms with Gasteiger partial charge in [-0.15, -0.1) is 0 Å². The van der Waals surface area contributed by atoms with Gasteiger partial charge in [0.25, 0.3) is 0 Å². The first-order valence-electron chi connectivity index (χ1n) is 3.84. The van der Waals surface area contributed by atoms with E-state index in [4.69, 9.17) is 0 Å². The monoisotopic (exact) mass is 186 g/mol. The van der Waals surface area contributed by atoms with Crippen molar-refractivity contribution in [3.05, 3.63) is 41.2 Å². The summed E-state index contributed by atoms with van der Waals surface area (Å²) in [5.41, 5.74) is 0.679. The third-order valence-corrected chi connectivity index (χ3v) is 1.87. The van der Waals surface area contributed by atoms with Crippen LogP contribution >= 0.6 is 0 Å². The molecule has 0 heterocycles. The van der Waals surface area contributed by atoms with Gasteiger partial charge >= 0.3 is 0 Å². The Morgan fingerprint density at radius 3 is 2.15 bits per heavy atom. The molecule has 1 aromatic rings. The fourth-order valence-corrected chi connectivity index (χ4v) is 0.980. The van der Waals surface area contributed by atoms with E-state index >= 15 is 0 Å². The number of rotatable bonds is 1. The lowest BCUT2D eigenvalue weighted by Gasteiger charge is -2.03. The van der Waals surface area contributed by atoms with Gasteiger partial charge in [-0.3, -0.25) is 0 Å². The van der Waals surface area contributed by atoms with Gasteiger partial charge in [-0.05, 0) is 25.5 Å². The molecular weight excluding hydrogens is 177 g/mol. The largest absolute Gasteiger partial charge is 0.206 e. The highest BCUT2D eigenvalue weighted by Crippen LogP contribution is 2.20. The highest BCUT2D eigenvalue weighted by Gasteiger charge is 2.09. The molecule has 0 saturated heterocycles. The van der Waals surface area contributed by atoms with E-state index in [2.05, 4.69) is 0 Å². The smallest absolute Gasteiger partial charge is 0.161 e. The molecule has 0 N–H and O–H groups in total. The first kappa shape index (κ1) is 9.84. The van der Waals surface area contributed by atoms with Gasteiger partial charge in [0.15, 0.2) is 11.6 Å². The molecule has 0 bridgehead atoms. The van der Waals surface area contributed by atoms with Gasteiger partial charge < -0.3 is 0 Å². The average Bonchev–Trinajstić information content (AvgIpc) is 2.10. The Balaban J connectivity index is 3.32. The summed E-state index contributed by atoms with van der Waals surface area (Å²) < 4.78 is 38.2. The van der Waals surface area contributed by atoms with E-state index in [-0.39, 0.29) is 5.56 Å². The molecule has 1 aromatic carbocycles. The molecule has 1 rings (SSSR count). The molecule has 0 atom stereocenters. The van der Waals surface area contributed by atoms with Crippen LogP contribution in [0.25, 0.3) is 5.57 Å². The normalized spacial score (nSPS) is 11.9. The third-order valence-electron chi connectivity index (χ3n) is 1.87. The summed E-state index contributed by atoms with van der Waals surface area (Å²) in [6.45, 7) is 3.34. The molecule has 0 unspecified atom stereocenters. The van der Waals surface area contributed by atoms with E-state index < -0.39 is 17.5 Å². The molecular formula is C10H9F3. The predicted molar refractivity (Wildman–Crippen MR) is 45.6 cm³/mol. The van der Waals surface area contributed by atoms with Gasteiger partial charge in [0.2, 0.25) is 0 Å². The Morgan fingerprint density at radius 2 is 1.62 bits per heavy atom. The maximum atomic E-state index is 13.0. The van der Waals surface area contributed by atoms with Crippen molar-refractivity contribution in [2.24, 2.45) is 0 Å². The molecule has 3 heteroatoms. The van der Waals surface area contributed by atoms with Crippen LogP contribution in [0.4, 0.5) is 13.2 Å². The van der Waals surface area contributed by atoms with Gasteiger partial charge in [0, 0.05) is 11.6 Å². The van der Waals surface area contributed by atoms with Crippen LogP contribution in [0, 0.1) is 17.5 Å². The average molecular weight is 186 g/mol. The fraction of sp³-hybridized carbons (Fsp3) is 0.200. The molecule has 0 radical (unpaired) electrons. The Kier molecular flexibility index (Phi) is 2.76.